The third kappa shape index (κ3) is 2.03. The van der Waals surface area contributed by atoms with Gasteiger partial charge in [-0.1, -0.05) is 0 Å². The lowest BCUT2D eigenvalue weighted by molar-refractivity contribution is 0.0939. The molecular formula is C15H18ClN3O. The van der Waals surface area contributed by atoms with Gasteiger partial charge in [-0.15, -0.1) is 11.6 Å². The van der Waals surface area contributed by atoms with E-state index in [1.807, 2.05) is 12.3 Å². The Bertz CT molecular complexity index is 662. The third-order valence-electron chi connectivity index (χ3n) is 4.07. The number of aromatic nitrogens is 2. The molecule has 3 rings (SSSR count). The van der Waals surface area contributed by atoms with Crippen LogP contribution in [-0.2, 0) is 13.0 Å². The molecular weight excluding hydrogens is 274 g/mol. The molecule has 1 aliphatic heterocycles. The van der Waals surface area contributed by atoms with Crippen LogP contribution in [0.4, 0.5) is 0 Å². The molecule has 0 fully saturated rings. The van der Waals surface area contributed by atoms with Crippen LogP contribution in [0.15, 0.2) is 18.5 Å². The second-order valence-electron chi connectivity index (χ2n) is 5.50. The van der Waals surface area contributed by atoms with E-state index in [4.69, 9.17) is 11.6 Å². The van der Waals surface area contributed by atoms with E-state index in [1.54, 1.807) is 10.8 Å². The van der Waals surface area contributed by atoms with Crippen molar-refractivity contribution >= 4 is 28.4 Å². The normalized spacial score (nSPS) is 15.8. The summed E-state index contributed by atoms with van der Waals surface area (Å²) >= 11 is 5.77. The second kappa shape index (κ2) is 5.19. The topological polar surface area (TPSA) is 38.1 Å². The molecule has 0 unspecified atom stereocenters. The summed E-state index contributed by atoms with van der Waals surface area (Å²) in [6.07, 6.45) is 4.47. The van der Waals surface area contributed by atoms with E-state index in [-0.39, 0.29) is 11.8 Å². The molecule has 0 saturated carbocycles. The molecule has 5 heteroatoms. The number of halogens is 1. The van der Waals surface area contributed by atoms with Crippen LogP contribution in [0, 0.1) is 0 Å². The number of carbonyl (C=O) groups is 1. The van der Waals surface area contributed by atoms with Crippen molar-refractivity contribution in [2.24, 2.45) is 0 Å². The summed E-state index contributed by atoms with van der Waals surface area (Å²) in [6, 6.07) is 2.40. The van der Waals surface area contributed by atoms with Crippen molar-refractivity contribution in [1.82, 2.24) is 14.5 Å². The average molecular weight is 292 g/mol. The Morgan fingerprint density at radius 1 is 1.50 bits per heavy atom. The fourth-order valence-corrected chi connectivity index (χ4v) is 3.13. The monoisotopic (exact) mass is 291 g/mol. The van der Waals surface area contributed by atoms with E-state index in [1.165, 1.54) is 5.56 Å². The first-order valence-corrected chi connectivity index (χ1v) is 7.46. The number of nitrogens with zero attached hydrogens (tertiary/aromatic N) is 3. The molecule has 3 heterocycles. The molecule has 1 aliphatic rings. The minimum Gasteiger partial charge on any atom is -0.296 e. The highest BCUT2D eigenvalue weighted by Crippen LogP contribution is 2.31. The molecule has 0 saturated heterocycles. The van der Waals surface area contributed by atoms with Crippen LogP contribution in [0.3, 0.4) is 0 Å². The molecule has 2 aromatic rings. The van der Waals surface area contributed by atoms with Gasteiger partial charge in [-0.3, -0.25) is 19.2 Å². The molecule has 0 N–H and O–H groups in total. The van der Waals surface area contributed by atoms with Crippen molar-refractivity contribution in [2.45, 2.75) is 32.9 Å². The van der Waals surface area contributed by atoms with E-state index in [9.17, 15) is 4.79 Å². The van der Waals surface area contributed by atoms with Crippen molar-refractivity contribution in [3.8, 4) is 0 Å². The number of carbonyl (C=O) groups excluding carboxylic acids is 1. The largest absolute Gasteiger partial charge is 0.296 e. The lowest BCUT2D eigenvalue weighted by atomic mass is 10.0. The van der Waals surface area contributed by atoms with Crippen LogP contribution in [-0.4, -0.2) is 38.8 Å². The molecule has 4 nitrogen and oxygen atoms in total. The van der Waals surface area contributed by atoms with Gasteiger partial charge in [0.05, 0.1) is 5.52 Å². The summed E-state index contributed by atoms with van der Waals surface area (Å²) in [4.78, 5) is 18.8. The number of pyridine rings is 1. The van der Waals surface area contributed by atoms with Crippen LogP contribution in [0.2, 0.25) is 0 Å². The Morgan fingerprint density at radius 2 is 2.30 bits per heavy atom. The van der Waals surface area contributed by atoms with Gasteiger partial charge in [-0.05, 0) is 25.5 Å². The highest BCUT2D eigenvalue weighted by Gasteiger charge is 2.27. The number of hydrogen-bond donors (Lipinski definition) is 0. The summed E-state index contributed by atoms with van der Waals surface area (Å²) in [5, 5.41) is 1.08. The van der Waals surface area contributed by atoms with Gasteiger partial charge in [-0.2, -0.15) is 0 Å². The predicted molar refractivity (Wildman–Crippen MR) is 80.3 cm³/mol. The Hall–Kier alpha value is -1.39. The summed E-state index contributed by atoms with van der Waals surface area (Å²) in [6.45, 7) is 6.25. The SMILES string of the molecule is CC(C)N1CCc2c(c3cnccc3n2C(=O)CCl)C1. The van der Waals surface area contributed by atoms with Gasteiger partial charge in [-0.25, -0.2) is 0 Å². The Kier molecular flexibility index (Phi) is 3.52. The van der Waals surface area contributed by atoms with E-state index in [0.29, 0.717) is 6.04 Å². The highest BCUT2D eigenvalue weighted by molar-refractivity contribution is 6.28. The maximum absolute atomic E-state index is 12.2. The summed E-state index contributed by atoms with van der Waals surface area (Å²) in [7, 11) is 0. The molecule has 0 spiro atoms. The number of alkyl halides is 1. The van der Waals surface area contributed by atoms with Crippen LogP contribution in [0.25, 0.3) is 10.9 Å². The Balaban J connectivity index is 2.20. The first-order valence-electron chi connectivity index (χ1n) is 6.93. The van der Waals surface area contributed by atoms with Crippen LogP contribution in [0.1, 0.15) is 29.9 Å². The fraction of sp³-hybridized carbons (Fsp3) is 0.467. The fourth-order valence-electron chi connectivity index (χ4n) is 3.01. The predicted octanol–water partition coefficient (Wildman–Crippen LogP) is 2.68. The average Bonchev–Trinajstić information content (AvgIpc) is 2.80. The van der Waals surface area contributed by atoms with E-state index in [2.05, 4.69) is 23.7 Å². The third-order valence-corrected chi connectivity index (χ3v) is 4.30. The molecule has 0 aromatic carbocycles. The zero-order valence-electron chi connectivity index (χ0n) is 11.8. The standard InChI is InChI=1S/C15H18ClN3O/c1-10(2)18-6-4-14-12(9-18)11-8-17-5-3-13(11)19(14)15(20)7-16/h3,5,8,10H,4,6-7,9H2,1-2H3. The molecule has 0 bridgehead atoms. The minimum absolute atomic E-state index is 0.00639. The van der Waals surface area contributed by atoms with Gasteiger partial charge in [0.1, 0.15) is 5.88 Å². The number of hydrogen-bond acceptors (Lipinski definition) is 3. The van der Waals surface area contributed by atoms with E-state index in [0.717, 1.165) is 36.1 Å². The van der Waals surface area contributed by atoms with Crippen molar-refractivity contribution in [2.75, 3.05) is 12.4 Å². The quantitative estimate of drug-likeness (QED) is 0.799. The van der Waals surface area contributed by atoms with Gasteiger partial charge in [0.2, 0.25) is 5.91 Å². The van der Waals surface area contributed by atoms with Crippen molar-refractivity contribution in [3.63, 3.8) is 0 Å². The first kappa shape index (κ1) is 13.6. The van der Waals surface area contributed by atoms with Gasteiger partial charge >= 0.3 is 0 Å². The molecule has 0 aliphatic carbocycles. The van der Waals surface area contributed by atoms with Gasteiger partial charge in [0.25, 0.3) is 0 Å². The van der Waals surface area contributed by atoms with E-state index < -0.39 is 0 Å². The maximum atomic E-state index is 12.2. The number of fused-ring (bicyclic) bond motifs is 3. The summed E-state index contributed by atoms with van der Waals surface area (Å²) < 4.78 is 1.79. The zero-order valence-corrected chi connectivity index (χ0v) is 12.5. The first-order chi connectivity index (χ1) is 9.63. The second-order valence-corrected chi connectivity index (χ2v) is 5.76. The van der Waals surface area contributed by atoms with Crippen LogP contribution >= 0.6 is 11.6 Å². The Morgan fingerprint density at radius 3 is 3.00 bits per heavy atom. The van der Waals surface area contributed by atoms with Crippen LogP contribution < -0.4 is 0 Å². The van der Waals surface area contributed by atoms with Crippen molar-refractivity contribution in [3.05, 3.63) is 29.7 Å². The lowest BCUT2D eigenvalue weighted by Gasteiger charge is -2.31. The van der Waals surface area contributed by atoms with E-state index >= 15 is 0 Å². The molecule has 0 atom stereocenters. The van der Waals surface area contributed by atoms with Gasteiger partial charge in [0, 0.05) is 49.0 Å². The molecule has 2 aromatic heterocycles. The van der Waals surface area contributed by atoms with Crippen molar-refractivity contribution in [1.29, 1.82) is 0 Å². The van der Waals surface area contributed by atoms with Crippen molar-refractivity contribution < 1.29 is 4.79 Å². The molecule has 106 valence electrons. The maximum Gasteiger partial charge on any atom is 0.246 e. The lowest BCUT2D eigenvalue weighted by Crippen LogP contribution is -2.36. The number of rotatable bonds is 2. The van der Waals surface area contributed by atoms with Gasteiger partial charge in [0.15, 0.2) is 0 Å². The van der Waals surface area contributed by atoms with Crippen LogP contribution in [0.5, 0.6) is 0 Å². The molecule has 20 heavy (non-hydrogen) atoms. The summed E-state index contributed by atoms with van der Waals surface area (Å²) in [5.41, 5.74) is 3.27. The molecule has 0 amide bonds. The van der Waals surface area contributed by atoms with Gasteiger partial charge < -0.3 is 0 Å². The zero-order chi connectivity index (χ0) is 14.3. The Labute approximate surface area is 123 Å². The minimum atomic E-state index is -0.0536. The summed E-state index contributed by atoms with van der Waals surface area (Å²) in [5.74, 6) is -0.0472. The highest BCUT2D eigenvalue weighted by atomic mass is 35.5. The molecule has 0 radical (unpaired) electrons. The smallest absolute Gasteiger partial charge is 0.246 e.